The first-order valence-corrected chi connectivity index (χ1v) is 6.06. The fourth-order valence-corrected chi connectivity index (χ4v) is 1.79. The maximum Gasteiger partial charge on any atom is 0.255 e. The molecule has 4 heteroatoms. The fraction of sp³-hybridized carbons (Fsp3) is 0.0625. The van der Waals surface area contributed by atoms with Crippen LogP contribution in [0.4, 0.5) is 5.69 Å². The molecule has 1 amide bonds. The summed E-state index contributed by atoms with van der Waals surface area (Å²) in [6.07, 6.45) is 1.27. The molecule has 20 heavy (non-hydrogen) atoms. The number of anilines is 1. The molecule has 0 saturated heterocycles. The highest BCUT2D eigenvalue weighted by molar-refractivity contribution is 6.05. The topological polar surface area (TPSA) is 63.2 Å². The first kappa shape index (κ1) is 13.7. The first-order chi connectivity index (χ1) is 9.62. The van der Waals surface area contributed by atoms with Gasteiger partial charge in [-0.25, -0.2) is 0 Å². The van der Waals surface area contributed by atoms with Crippen molar-refractivity contribution < 1.29 is 14.4 Å². The zero-order valence-corrected chi connectivity index (χ0v) is 10.9. The van der Waals surface area contributed by atoms with Gasteiger partial charge in [-0.1, -0.05) is 17.7 Å². The van der Waals surface area contributed by atoms with E-state index in [-0.39, 0.29) is 5.91 Å². The highest BCUT2D eigenvalue weighted by atomic mass is 16.1. The average Bonchev–Trinajstić information content (AvgIpc) is 2.47. The number of aldehydes is 2. The number of rotatable bonds is 4. The van der Waals surface area contributed by atoms with Crippen LogP contribution in [-0.4, -0.2) is 18.5 Å². The van der Waals surface area contributed by atoms with Crippen molar-refractivity contribution in [1.82, 2.24) is 0 Å². The van der Waals surface area contributed by atoms with Crippen LogP contribution in [0.3, 0.4) is 0 Å². The molecule has 0 aliphatic rings. The second-order valence-electron chi connectivity index (χ2n) is 4.44. The van der Waals surface area contributed by atoms with Crippen molar-refractivity contribution >= 4 is 24.2 Å². The average molecular weight is 267 g/mol. The summed E-state index contributed by atoms with van der Waals surface area (Å²) in [4.78, 5) is 33.6. The fourth-order valence-electron chi connectivity index (χ4n) is 1.79. The van der Waals surface area contributed by atoms with Gasteiger partial charge >= 0.3 is 0 Å². The van der Waals surface area contributed by atoms with Gasteiger partial charge in [0.1, 0.15) is 12.6 Å². The van der Waals surface area contributed by atoms with Gasteiger partial charge in [0.25, 0.3) is 5.91 Å². The summed E-state index contributed by atoms with van der Waals surface area (Å²) in [6, 6.07) is 11.6. The lowest BCUT2D eigenvalue weighted by Crippen LogP contribution is -2.12. The van der Waals surface area contributed by atoms with Crippen LogP contribution in [0.25, 0.3) is 0 Å². The van der Waals surface area contributed by atoms with E-state index in [2.05, 4.69) is 5.32 Å². The number of carbonyl (C=O) groups is 3. The number of benzene rings is 2. The molecule has 0 radical (unpaired) electrons. The summed E-state index contributed by atoms with van der Waals surface area (Å²) >= 11 is 0. The Kier molecular flexibility index (Phi) is 4.05. The molecule has 2 aromatic carbocycles. The van der Waals surface area contributed by atoms with Crippen molar-refractivity contribution in [2.75, 3.05) is 5.32 Å². The Labute approximate surface area is 116 Å². The van der Waals surface area contributed by atoms with Gasteiger partial charge in [0, 0.05) is 22.4 Å². The lowest BCUT2D eigenvalue weighted by atomic mass is 10.1. The van der Waals surface area contributed by atoms with Crippen molar-refractivity contribution in [3.8, 4) is 0 Å². The van der Waals surface area contributed by atoms with Crippen molar-refractivity contribution in [3.05, 3.63) is 64.7 Å². The Balaban J connectivity index is 2.25. The zero-order chi connectivity index (χ0) is 14.5. The second kappa shape index (κ2) is 5.93. The lowest BCUT2D eigenvalue weighted by molar-refractivity contribution is 0.102. The van der Waals surface area contributed by atoms with Crippen LogP contribution in [0.5, 0.6) is 0 Å². The minimum Gasteiger partial charge on any atom is -0.322 e. The molecule has 0 saturated carbocycles. The number of hydrogen-bond acceptors (Lipinski definition) is 3. The van der Waals surface area contributed by atoms with E-state index < -0.39 is 0 Å². The molecule has 0 spiro atoms. The second-order valence-corrected chi connectivity index (χ2v) is 4.44. The van der Waals surface area contributed by atoms with Crippen molar-refractivity contribution in [3.63, 3.8) is 0 Å². The van der Waals surface area contributed by atoms with E-state index in [1.165, 1.54) is 18.2 Å². The monoisotopic (exact) mass is 267 g/mol. The van der Waals surface area contributed by atoms with Crippen molar-refractivity contribution in [1.29, 1.82) is 0 Å². The Morgan fingerprint density at radius 3 is 2.00 bits per heavy atom. The molecule has 0 unspecified atom stereocenters. The smallest absolute Gasteiger partial charge is 0.255 e. The predicted octanol–water partition coefficient (Wildman–Crippen LogP) is 2.87. The SMILES string of the molecule is Cc1ccc(C(=O)Nc2cc(C=O)cc(C=O)c2)cc1. The van der Waals surface area contributed by atoms with Gasteiger partial charge in [0.05, 0.1) is 0 Å². The standard InChI is InChI=1S/C16H13NO3/c1-11-2-4-14(5-3-11)16(20)17-15-7-12(9-18)6-13(8-15)10-19/h2-10H,1H3,(H,17,20). The van der Waals surface area contributed by atoms with Gasteiger partial charge in [-0.15, -0.1) is 0 Å². The molecule has 0 bridgehead atoms. The number of nitrogens with one attached hydrogen (secondary N) is 1. The van der Waals surface area contributed by atoms with Gasteiger partial charge in [-0.2, -0.15) is 0 Å². The van der Waals surface area contributed by atoms with E-state index >= 15 is 0 Å². The van der Waals surface area contributed by atoms with Crippen LogP contribution in [-0.2, 0) is 0 Å². The minimum atomic E-state index is -0.287. The van der Waals surface area contributed by atoms with Crippen molar-refractivity contribution in [2.24, 2.45) is 0 Å². The van der Waals surface area contributed by atoms with Crippen LogP contribution in [0.15, 0.2) is 42.5 Å². The van der Waals surface area contributed by atoms with E-state index in [0.717, 1.165) is 5.56 Å². The van der Waals surface area contributed by atoms with E-state index in [1.807, 2.05) is 19.1 Å². The Morgan fingerprint density at radius 2 is 1.50 bits per heavy atom. The van der Waals surface area contributed by atoms with Gasteiger partial charge in [-0.05, 0) is 37.3 Å². The molecule has 1 N–H and O–H groups in total. The number of aryl methyl sites for hydroxylation is 1. The molecule has 4 nitrogen and oxygen atoms in total. The van der Waals surface area contributed by atoms with Gasteiger partial charge in [-0.3, -0.25) is 14.4 Å². The summed E-state index contributed by atoms with van der Waals surface area (Å²) in [5.41, 5.74) is 2.68. The summed E-state index contributed by atoms with van der Waals surface area (Å²) in [5, 5.41) is 2.67. The third kappa shape index (κ3) is 3.17. The van der Waals surface area contributed by atoms with Crippen LogP contribution >= 0.6 is 0 Å². The summed E-state index contributed by atoms with van der Waals surface area (Å²) < 4.78 is 0. The molecular weight excluding hydrogens is 254 g/mol. The van der Waals surface area contributed by atoms with E-state index in [9.17, 15) is 14.4 Å². The van der Waals surface area contributed by atoms with E-state index in [1.54, 1.807) is 12.1 Å². The molecule has 0 aliphatic heterocycles. The van der Waals surface area contributed by atoms with Crippen LogP contribution in [0, 0.1) is 6.92 Å². The van der Waals surface area contributed by atoms with Crippen LogP contribution in [0.1, 0.15) is 36.6 Å². The van der Waals surface area contributed by atoms with E-state index in [0.29, 0.717) is 35.0 Å². The molecule has 2 rings (SSSR count). The molecule has 2 aromatic rings. The third-order valence-corrected chi connectivity index (χ3v) is 2.82. The molecule has 0 heterocycles. The number of hydrogen-bond donors (Lipinski definition) is 1. The summed E-state index contributed by atoms with van der Waals surface area (Å²) in [6.45, 7) is 1.94. The summed E-state index contributed by atoms with van der Waals surface area (Å²) in [7, 11) is 0. The largest absolute Gasteiger partial charge is 0.322 e. The number of amides is 1. The van der Waals surface area contributed by atoms with Crippen LogP contribution in [0.2, 0.25) is 0 Å². The highest BCUT2D eigenvalue weighted by Crippen LogP contribution is 2.14. The Hall–Kier alpha value is -2.75. The molecular formula is C16H13NO3. The normalized spacial score (nSPS) is 9.85. The quantitative estimate of drug-likeness (QED) is 0.866. The van der Waals surface area contributed by atoms with Gasteiger partial charge < -0.3 is 5.32 Å². The molecule has 0 aromatic heterocycles. The lowest BCUT2D eigenvalue weighted by Gasteiger charge is -2.07. The predicted molar refractivity (Wildman–Crippen MR) is 76.3 cm³/mol. The highest BCUT2D eigenvalue weighted by Gasteiger charge is 2.07. The first-order valence-electron chi connectivity index (χ1n) is 6.06. The summed E-state index contributed by atoms with van der Waals surface area (Å²) in [5.74, 6) is -0.287. The molecule has 0 atom stereocenters. The molecule has 0 aliphatic carbocycles. The molecule has 100 valence electrons. The molecule has 0 fully saturated rings. The Morgan fingerprint density at radius 1 is 0.950 bits per heavy atom. The maximum atomic E-state index is 12.0. The zero-order valence-electron chi connectivity index (χ0n) is 10.9. The van der Waals surface area contributed by atoms with Crippen molar-refractivity contribution in [2.45, 2.75) is 6.92 Å². The minimum absolute atomic E-state index is 0.287. The Bertz CT molecular complexity index is 634. The van der Waals surface area contributed by atoms with Crippen LogP contribution < -0.4 is 5.32 Å². The number of carbonyl (C=O) groups excluding carboxylic acids is 3. The third-order valence-electron chi connectivity index (χ3n) is 2.82. The van der Waals surface area contributed by atoms with Gasteiger partial charge in [0.2, 0.25) is 0 Å². The van der Waals surface area contributed by atoms with Gasteiger partial charge in [0.15, 0.2) is 0 Å². The van der Waals surface area contributed by atoms with E-state index in [4.69, 9.17) is 0 Å². The maximum absolute atomic E-state index is 12.0.